The molecule has 7 heteroatoms. The van der Waals surface area contributed by atoms with Gasteiger partial charge in [0, 0.05) is 50.7 Å². The molecule has 2 atom stereocenters. The molecule has 164 valence electrons. The minimum atomic E-state index is -0.198. The van der Waals surface area contributed by atoms with Crippen molar-refractivity contribution in [3.05, 3.63) is 29.8 Å². The Morgan fingerprint density at radius 2 is 1.93 bits per heavy atom. The summed E-state index contributed by atoms with van der Waals surface area (Å²) in [6.07, 6.45) is 0.905. The average molecular weight is 515 g/mol. The molecule has 0 bridgehead atoms. The van der Waals surface area contributed by atoms with Crippen LogP contribution in [0.1, 0.15) is 45.7 Å². The SMILES string of the molecule is CCNC(=NCC(C)N1CCN(C)CC1)NC1CC(C)(C)Oc2ccccc21.I. The number of fused-ring (bicyclic) bond motifs is 1. The number of piperazine rings is 1. The Bertz CT molecular complexity index is 673. The number of rotatable bonds is 5. The number of likely N-dealkylation sites (N-methyl/N-ethyl adjacent to an activating group) is 1. The van der Waals surface area contributed by atoms with Crippen molar-refractivity contribution in [2.24, 2.45) is 4.99 Å². The molecule has 2 aliphatic rings. The summed E-state index contributed by atoms with van der Waals surface area (Å²) in [5.41, 5.74) is 1.01. The molecule has 1 fully saturated rings. The lowest BCUT2D eigenvalue weighted by atomic mass is 9.90. The lowest BCUT2D eigenvalue weighted by Gasteiger charge is -2.38. The smallest absolute Gasteiger partial charge is 0.191 e. The third kappa shape index (κ3) is 6.72. The highest BCUT2D eigenvalue weighted by atomic mass is 127. The van der Waals surface area contributed by atoms with Gasteiger partial charge in [0.2, 0.25) is 0 Å². The number of halogens is 1. The highest BCUT2D eigenvalue weighted by Crippen LogP contribution is 2.39. The zero-order valence-corrected chi connectivity index (χ0v) is 20.9. The number of benzene rings is 1. The van der Waals surface area contributed by atoms with Crippen LogP contribution in [0, 0.1) is 0 Å². The zero-order valence-electron chi connectivity index (χ0n) is 18.6. The lowest BCUT2D eigenvalue weighted by molar-refractivity contribution is 0.0694. The van der Waals surface area contributed by atoms with E-state index in [9.17, 15) is 0 Å². The molecule has 3 rings (SSSR count). The maximum atomic E-state index is 6.17. The van der Waals surface area contributed by atoms with Crippen LogP contribution in [0.2, 0.25) is 0 Å². The predicted octanol–water partition coefficient (Wildman–Crippen LogP) is 3.10. The van der Waals surface area contributed by atoms with E-state index in [0.29, 0.717) is 6.04 Å². The number of ether oxygens (including phenoxy) is 1. The minimum absolute atomic E-state index is 0. The first-order valence-electron chi connectivity index (χ1n) is 10.6. The van der Waals surface area contributed by atoms with E-state index in [0.717, 1.165) is 57.4 Å². The molecule has 1 aromatic carbocycles. The molecule has 2 heterocycles. The van der Waals surface area contributed by atoms with Gasteiger partial charge in [0.05, 0.1) is 12.6 Å². The van der Waals surface area contributed by atoms with Crippen LogP contribution >= 0.6 is 24.0 Å². The molecule has 1 aromatic rings. The summed E-state index contributed by atoms with van der Waals surface area (Å²) in [6, 6.07) is 8.96. The standard InChI is InChI=1S/C22H37N5O.HI/c1-6-23-21(24-16-17(2)27-13-11-26(5)12-14-27)25-19-15-22(3,4)28-20-10-8-7-9-18(19)20;/h7-10,17,19H,6,11-16H2,1-5H3,(H2,23,24,25);1H. The molecule has 29 heavy (non-hydrogen) atoms. The van der Waals surface area contributed by atoms with Gasteiger partial charge in [0.1, 0.15) is 11.4 Å². The number of hydrogen-bond donors (Lipinski definition) is 2. The van der Waals surface area contributed by atoms with Crippen LogP contribution in [-0.4, -0.2) is 73.7 Å². The molecule has 0 amide bonds. The third-order valence-corrected chi connectivity index (χ3v) is 5.71. The van der Waals surface area contributed by atoms with Gasteiger partial charge in [-0.15, -0.1) is 24.0 Å². The average Bonchev–Trinajstić information content (AvgIpc) is 2.65. The molecular formula is C22H38IN5O. The highest BCUT2D eigenvalue weighted by Gasteiger charge is 2.34. The first kappa shape index (κ1) is 24.2. The van der Waals surface area contributed by atoms with Crippen LogP contribution < -0.4 is 15.4 Å². The van der Waals surface area contributed by atoms with Crippen LogP contribution in [0.4, 0.5) is 0 Å². The Labute approximate surface area is 193 Å². The van der Waals surface area contributed by atoms with Crippen LogP contribution in [0.15, 0.2) is 29.3 Å². The number of hydrogen-bond acceptors (Lipinski definition) is 4. The molecular weight excluding hydrogens is 477 g/mol. The monoisotopic (exact) mass is 515 g/mol. The van der Waals surface area contributed by atoms with Gasteiger partial charge in [-0.3, -0.25) is 9.89 Å². The Kier molecular flexibility index (Phi) is 9.03. The van der Waals surface area contributed by atoms with E-state index >= 15 is 0 Å². The molecule has 0 saturated carbocycles. The fraction of sp³-hybridized carbons (Fsp3) is 0.682. The van der Waals surface area contributed by atoms with Gasteiger partial charge in [-0.25, -0.2) is 0 Å². The van der Waals surface area contributed by atoms with E-state index in [1.54, 1.807) is 0 Å². The van der Waals surface area contributed by atoms with E-state index in [1.165, 1.54) is 5.56 Å². The molecule has 2 aliphatic heterocycles. The minimum Gasteiger partial charge on any atom is -0.487 e. The highest BCUT2D eigenvalue weighted by molar-refractivity contribution is 14.0. The molecule has 0 aromatic heterocycles. The second kappa shape index (κ2) is 10.8. The van der Waals surface area contributed by atoms with Gasteiger partial charge in [-0.05, 0) is 40.8 Å². The van der Waals surface area contributed by atoms with Crippen molar-refractivity contribution >= 4 is 29.9 Å². The van der Waals surface area contributed by atoms with Crippen molar-refractivity contribution in [2.45, 2.75) is 51.8 Å². The predicted molar refractivity (Wildman–Crippen MR) is 132 cm³/mol. The lowest BCUT2D eigenvalue weighted by Crippen LogP contribution is -2.49. The summed E-state index contributed by atoms with van der Waals surface area (Å²) < 4.78 is 6.17. The maximum absolute atomic E-state index is 6.17. The molecule has 1 saturated heterocycles. The van der Waals surface area contributed by atoms with E-state index < -0.39 is 0 Å². The third-order valence-electron chi connectivity index (χ3n) is 5.71. The summed E-state index contributed by atoms with van der Waals surface area (Å²) in [5, 5.41) is 7.09. The number of nitrogens with zero attached hydrogens (tertiary/aromatic N) is 3. The Morgan fingerprint density at radius 1 is 1.24 bits per heavy atom. The van der Waals surface area contributed by atoms with E-state index in [4.69, 9.17) is 9.73 Å². The largest absolute Gasteiger partial charge is 0.487 e. The number of para-hydroxylation sites is 1. The molecule has 0 spiro atoms. The van der Waals surface area contributed by atoms with E-state index in [-0.39, 0.29) is 35.6 Å². The van der Waals surface area contributed by atoms with Crippen molar-refractivity contribution in [3.63, 3.8) is 0 Å². The van der Waals surface area contributed by atoms with Crippen molar-refractivity contribution in [2.75, 3.05) is 46.3 Å². The summed E-state index contributed by atoms with van der Waals surface area (Å²) in [6.45, 7) is 14.9. The van der Waals surface area contributed by atoms with Gasteiger partial charge in [-0.2, -0.15) is 0 Å². The molecule has 0 aliphatic carbocycles. The number of guanidine groups is 1. The zero-order chi connectivity index (χ0) is 20.1. The van der Waals surface area contributed by atoms with Gasteiger partial charge >= 0.3 is 0 Å². The maximum Gasteiger partial charge on any atom is 0.191 e. The van der Waals surface area contributed by atoms with Gasteiger partial charge in [-0.1, -0.05) is 18.2 Å². The topological polar surface area (TPSA) is 52.1 Å². The van der Waals surface area contributed by atoms with Crippen molar-refractivity contribution in [3.8, 4) is 5.75 Å². The normalized spacial score (nSPS) is 23.3. The Morgan fingerprint density at radius 3 is 2.62 bits per heavy atom. The summed E-state index contributed by atoms with van der Waals surface area (Å²) in [7, 11) is 2.20. The first-order valence-corrected chi connectivity index (χ1v) is 10.6. The van der Waals surface area contributed by atoms with Crippen LogP contribution in [-0.2, 0) is 0 Å². The molecule has 2 unspecified atom stereocenters. The van der Waals surface area contributed by atoms with Gasteiger partial charge in [0.25, 0.3) is 0 Å². The Balaban J connectivity index is 0.00000300. The second-order valence-corrected chi connectivity index (χ2v) is 8.71. The van der Waals surface area contributed by atoms with Gasteiger partial charge in [0.15, 0.2) is 5.96 Å². The van der Waals surface area contributed by atoms with Crippen LogP contribution in [0.3, 0.4) is 0 Å². The van der Waals surface area contributed by atoms with Gasteiger partial charge < -0.3 is 20.3 Å². The molecule has 6 nitrogen and oxygen atoms in total. The summed E-state index contributed by atoms with van der Waals surface area (Å²) in [5.74, 6) is 1.86. The summed E-state index contributed by atoms with van der Waals surface area (Å²) >= 11 is 0. The summed E-state index contributed by atoms with van der Waals surface area (Å²) in [4.78, 5) is 9.85. The fourth-order valence-electron chi connectivity index (χ4n) is 4.02. The second-order valence-electron chi connectivity index (χ2n) is 8.71. The number of nitrogens with one attached hydrogen (secondary N) is 2. The van der Waals surface area contributed by atoms with Crippen molar-refractivity contribution < 1.29 is 4.74 Å². The number of aliphatic imine (C=N–C) groups is 1. The van der Waals surface area contributed by atoms with Crippen molar-refractivity contribution in [1.29, 1.82) is 0 Å². The Hall–Kier alpha value is -1.06. The van der Waals surface area contributed by atoms with E-state index in [2.05, 4.69) is 73.4 Å². The van der Waals surface area contributed by atoms with E-state index in [1.807, 2.05) is 6.07 Å². The quantitative estimate of drug-likeness (QED) is 0.359. The van der Waals surface area contributed by atoms with Crippen LogP contribution in [0.5, 0.6) is 5.75 Å². The van der Waals surface area contributed by atoms with Crippen LogP contribution in [0.25, 0.3) is 0 Å². The molecule has 2 N–H and O–H groups in total. The first-order chi connectivity index (χ1) is 13.4. The molecule has 0 radical (unpaired) electrons. The fourth-order valence-corrected chi connectivity index (χ4v) is 4.02. The van der Waals surface area contributed by atoms with Crippen molar-refractivity contribution in [1.82, 2.24) is 20.4 Å².